The van der Waals surface area contributed by atoms with Gasteiger partial charge in [-0.1, -0.05) is 0 Å². The van der Waals surface area contributed by atoms with Crippen LogP contribution in [0.3, 0.4) is 0 Å². The molecule has 0 aliphatic carbocycles. The Morgan fingerprint density at radius 3 is 2.57 bits per heavy atom. The fourth-order valence-electron chi connectivity index (χ4n) is 1.24. The summed E-state index contributed by atoms with van der Waals surface area (Å²) in [7, 11) is 0. The SMILES string of the molecule is CC(C)n1ccn(CC(O)CCl)c1=O. The highest BCUT2D eigenvalue weighted by Crippen LogP contribution is 2.00. The topological polar surface area (TPSA) is 47.2 Å². The number of aliphatic hydroxyl groups is 1. The highest BCUT2D eigenvalue weighted by molar-refractivity contribution is 6.18. The van der Waals surface area contributed by atoms with E-state index in [4.69, 9.17) is 11.6 Å². The molecule has 1 N–H and O–H groups in total. The lowest BCUT2D eigenvalue weighted by atomic mass is 10.4. The molecular weight excluding hydrogens is 204 g/mol. The number of hydrogen-bond donors (Lipinski definition) is 1. The zero-order chi connectivity index (χ0) is 10.7. The lowest BCUT2D eigenvalue weighted by Crippen LogP contribution is -2.29. The summed E-state index contributed by atoms with van der Waals surface area (Å²) in [4.78, 5) is 11.6. The standard InChI is InChI=1S/C9H15ClN2O2/c1-7(2)12-4-3-11(9(12)14)6-8(13)5-10/h3-4,7-8,13H,5-6H2,1-2H3. The minimum Gasteiger partial charge on any atom is -0.390 e. The molecule has 80 valence electrons. The first-order valence-electron chi connectivity index (χ1n) is 4.57. The maximum atomic E-state index is 11.6. The average molecular weight is 219 g/mol. The number of nitrogens with zero attached hydrogens (tertiary/aromatic N) is 2. The highest BCUT2D eigenvalue weighted by Gasteiger charge is 2.09. The van der Waals surface area contributed by atoms with E-state index >= 15 is 0 Å². The molecule has 1 atom stereocenters. The number of imidazole rings is 1. The van der Waals surface area contributed by atoms with Crippen molar-refractivity contribution >= 4 is 11.6 Å². The van der Waals surface area contributed by atoms with E-state index in [0.717, 1.165) is 0 Å². The van der Waals surface area contributed by atoms with E-state index in [1.165, 1.54) is 4.57 Å². The summed E-state index contributed by atoms with van der Waals surface area (Å²) in [6.07, 6.45) is 2.71. The normalized spacial score (nSPS) is 13.5. The third-order valence-electron chi connectivity index (χ3n) is 2.02. The van der Waals surface area contributed by atoms with Crippen molar-refractivity contribution in [1.29, 1.82) is 0 Å². The van der Waals surface area contributed by atoms with Gasteiger partial charge in [0.25, 0.3) is 0 Å². The van der Waals surface area contributed by atoms with Crippen LogP contribution >= 0.6 is 11.6 Å². The Morgan fingerprint density at radius 2 is 2.14 bits per heavy atom. The molecule has 5 heteroatoms. The fraction of sp³-hybridized carbons (Fsp3) is 0.667. The Bertz CT molecular complexity index is 343. The van der Waals surface area contributed by atoms with Gasteiger partial charge in [0.1, 0.15) is 0 Å². The summed E-state index contributed by atoms with van der Waals surface area (Å²) in [5.74, 6) is 0.138. The highest BCUT2D eigenvalue weighted by atomic mass is 35.5. The van der Waals surface area contributed by atoms with Crippen molar-refractivity contribution in [3.63, 3.8) is 0 Å². The van der Waals surface area contributed by atoms with Crippen molar-refractivity contribution in [2.45, 2.75) is 32.5 Å². The number of rotatable bonds is 4. The molecule has 4 nitrogen and oxygen atoms in total. The Morgan fingerprint density at radius 1 is 1.50 bits per heavy atom. The van der Waals surface area contributed by atoms with Crippen molar-refractivity contribution in [3.8, 4) is 0 Å². The summed E-state index contributed by atoms with van der Waals surface area (Å²) in [5, 5.41) is 9.28. The van der Waals surface area contributed by atoms with Crippen LogP contribution in [0.1, 0.15) is 19.9 Å². The first kappa shape index (κ1) is 11.3. The third kappa shape index (κ3) is 2.39. The maximum Gasteiger partial charge on any atom is 0.328 e. The number of aliphatic hydroxyl groups excluding tert-OH is 1. The van der Waals surface area contributed by atoms with Gasteiger partial charge in [-0.05, 0) is 13.8 Å². The van der Waals surface area contributed by atoms with Gasteiger partial charge in [0.15, 0.2) is 0 Å². The van der Waals surface area contributed by atoms with Crippen molar-refractivity contribution in [2.24, 2.45) is 0 Å². The molecule has 1 unspecified atom stereocenters. The van der Waals surface area contributed by atoms with Crippen LogP contribution in [0.25, 0.3) is 0 Å². The molecule has 0 spiro atoms. The molecule has 0 aliphatic heterocycles. The van der Waals surface area contributed by atoms with Crippen molar-refractivity contribution in [2.75, 3.05) is 5.88 Å². The second kappa shape index (κ2) is 4.66. The van der Waals surface area contributed by atoms with Gasteiger partial charge < -0.3 is 5.11 Å². The minimum absolute atomic E-state index is 0.107. The van der Waals surface area contributed by atoms with Crippen molar-refractivity contribution in [3.05, 3.63) is 22.9 Å². The molecule has 0 bridgehead atoms. The second-order valence-electron chi connectivity index (χ2n) is 3.54. The Balaban J connectivity index is 2.85. The molecule has 1 aromatic heterocycles. The van der Waals surface area contributed by atoms with Crippen LogP contribution in [0.2, 0.25) is 0 Å². The van der Waals surface area contributed by atoms with E-state index in [-0.39, 0.29) is 24.2 Å². The number of aromatic nitrogens is 2. The minimum atomic E-state index is -0.669. The van der Waals surface area contributed by atoms with E-state index in [1.807, 2.05) is 13.8 Å². The number of hydrogen-bond acceptors (Lipinski definition) is 2. The zero-order valence-electron chi connectivity index (χ0n) is 8.35. The molecule has 0 radical (unpaired) electrons. The summed E-state index contributed by atoms with van der Waals surface area (Å²) in [6, 6.07) is 0.136. The molecule has 14 heavy (non-hydrogen) atoms. The summed E-state index contributed by atoms with van der Waals surface area (Å²) < 4.78 is 3.08. The van der Waals surface area contributed by atoms with Gasteiger partial charge in [0, 0.05) is 18.4 Å². The van der Waals surface area contributed by atoms with Crippen LogP contribution in [0.4, 0.5) is 0 Å². The van der Waals surface area contributed by atoms with Crippen molar-refractivity contribution in [1.82, 2.24) is 9.13 Å². The van der Waals surface area contributed by atoms with Gasteiger partial charge in [-0.3, -0.25) is 9.13 Å². The smallest absolute Gasteiger partial charge is 0.328 e. The third-order valence-corrected chi connectivity index (χ3v) is 2.37. The first-order valence-corrected chi connectivity index (χ1v) is 5.11. The van der Waals surface area contributed by atoms with Crippen LogP contribution < -0.4 is 5.69 Å². The molecule has 0 saturated carbocycles. The van der Waals surface area contributed by atoms with Crippen LogP contribution in [0.5, 0.6) is 0 Å². The first-order chi connectivity index (χ1) is 6.56. The summed E-state index contributed by atoms with van der Waals surface area (Å²) in [6.45, 7) is 4.12. The fourth-order valence-corrected chi connectivity index (χ4v) is 1.33. The molecular formula is C9H15ClN2O2. The predicted molar refractivity (Wildman–Crippen MR) is 55.8 cm³/mol. The molecule has 1 rings (SSSR count). The van der Waals surface area contributed by atoms with Gasteiger partial charge in [-0.25, -0.2) is 4.79 Å². The van der Waals surface area contributed by atoms with Gasteiger partial charge in [-0.15, -0.1) is 11.6 Å². The predicted octanol–water partition coefficient (Wildman–Crippen LogP) is 0.830. The number of alkyl halides is 1. The van der Waals surface area contributed by atoms with Crippen LogP contribution in [-0.4, -0.2) is 26.2 Å². The lowest BCUT2D eigenvalue weighted by molar-refractivity contribution is 0.175. The molecule has 1 aromatic rings. The van der Waals surface area contributed by atoms with E-state index < -0.39 is 6.10 Å². The molecule has 0 aromatic carbocycles. The zero-order valence-corrected chi connectivity index (χ0v) is 9.11. The molecule has 0 amide bonds. The van der Waals surface area contributed by atoms with E-state index in [0.29, 0.717) is 0 Å². The monoisotopic (exact) mass is 218 g/mol. The number of halogens is 1. The van der Waals surface area contributed by atoms with Crippen LogP contribution in [0.15, 0.2) is 17.2 Å². The molecule has 0 fully saturated rings. The maximum absolute atomic E-state index is 11.6. The molecule has 0 aliphatic rings. The summed E-state index contributed by atoms with van der Waals surface area (Å²) >= 11 is 5.45. The van der Waals surface area contributed by atoms with Gasteiger partial charge in [0.2, 0.25) is 0 Å². The van der Waals surface area contributed by atoms with E-state index in [2.05, 4.69) is 0 Å². The second-order valence-corrected chi connectivity index (χ2v) is 3.85. The average Bonchev–Trinajstić information content (AvgIpc) is 2.48. The van der Waals surface area contributed by atoms with Gasteiger partial charge in [0.05, 0.1) is 18.5 Å². The Hall–Kier alpha value is -0.740. The lowest BCUT2D eigenvalue weighted by Gasteiger charge is -2.07. The Labute approximate surface area is 87.7 Å². The van der Waals surface area contributed by atoms with Crippen LogP contribution in [0, 0.1) is 0 Å². The largest absolute Gasteiger partial charge is 0.390 e. The van der Waals surface area contributed by atoms with Crippen molar-refractivity contribution < 1.29 is 5.11 Å². The molecule has 0 saturated heterocycles. The Kier molecular flexibility index (Phi) is 3.77. The van der Waals surface area contributed by atoms with Crippen LogP contribution in [-0.2, 0) is 6.54 Å². The summed E-state index contributed by atoms with van der Waals surface area (Å²) in [5.41, 5.74) is -0.107. The van der Waals surface area contributed by atoms with Gasteiger partial charge >= 0.3 is 5.69 Å². The van der Waals surface area contributed by atoms with E-state index in [1.54, 1.807) is 17.0 Å². The van der Waals surface area contributed by atoms with Gasteiger partial charge in [-0.2, -0.15) is 0 Å². The quantitative estimate of drug-likeness (QED) is 0.762. The van der Waals surface area contributed by atoms with E-state index in [9.17, 15) is 9.90 Å². The molecule has 1 heterocycles.